The number of ether oxygens (including phenoxy) is 6. The molecule has 1 aliphatic heterocycles. The Bertz CT molecular complexity index is 1630. The highest BCUT2D eigenvalue weighted by Gasteiger charge is 2.34. The van der Waals surface area contributed by atoms with Crippen molar-refractivity contribution in [2.45, 2.75) is 38.4 Å². The number of aliphatic hydroxyl groups is 1. The number of fused-ring (bicyclic) bond motifs is 1. The monoisotopic (exact) mass is 604 g/mol. The minimum absolute atomic E-state index is 0.315. The zero-order valence-corrected chi connectivity index (χ0v) is 25.3. The van der Waals surface area contributed by atoms with Crippen LogP contribution in [0.2, 0.25) is 0 Å². The van der Waals surface area contributed by atoms with Crippen LogP contribution in [-0.4, -0.2) is 25.4 Å². The minimum atomic E-state index is -0.861. The number of aliphatic hydroxyl groups excluding tert-OH is 1. The molecule has 230 valence electrons. The first-order valence-electron chi connectivity index (χ1n) is 14.9. The van der Waals surface area contributed by atoms with Gasteiger partial charge in [-0.1, -0.05) is 91.0 Å². The fraction of sp³-hybridized carbons (Fsp3) is 0.211. The van der Waals surface area contributed by atoms with Crippen LogP contribution in [0.25, 0.3) is 0 Å². The Labute approximate surface area is 263 Å². The van der Waals surface area contributed by atoms with Crippen molar-refractivity contribution in [2.24, 2.45) is 0 Å². The molecule has 0 saturated heterocycles. The van der Waals surface area contributed by atoms with Gasteiger partial charge in [0.15, 0.2) is 17.6 Å². The molecule has 2 atom stereocenters. The van der Waals surface area contributed by atoms with Crippen LogP contribution in [0, 0.1) is 0 Å². The van der Waals surface area contributed by atoms with E-state index >= 15 is 0 Å². The molecule has 0 aromatic heterocycles. The molecule has 1 aliphatic rings. The second-order valence-corrected chi connectivity index (χ2v) is 10.8. The van der Waals surface area contributed by atoms with E-state index in [1.165, 1.54) is 0 Å². The van der Waals surface area contributed by atoms with Gasteiger partial charge in [-0.3, -0.25) is 0 Å². The fourth-order valence-corrected chi connectivity index (χ4v) is 5.34. The topological polar surface area (TPSA) is 75.6 Å². The molecule has 5 aromatic rings. The van der Waals surface area contributed by atoms with Crippen LogP contribution in [0.5, 0.6) is 34.5 Å². The van der Waals surface area contributed by atoms with Crippen LogP contribution < -0.4 is 28.4 Å². The highest BCUT2D eigenvalue weighted by Crippen LogP contribution is 2.46. The summed E-state index contributed by atoms with van der Waals surface area (Å²) in [7, 11) is 3.19. The van der Waals surface area contributed by atoms with Crippen molar-refractivity contribution in [1.82, 2.24) is 0 Å². The third-order valence-corrected chi connectivity index (χ3v) is 7.69. The van der Waals surface area contributed by atoms with E-state index in [0.29, 0.717) is 66.3 Å². The summed E-state index contributed by atoms with van der Waals surface area (Å²) in [6.07, 6.45) is -1.24. The van der Waals surface area contributed by atoms with E-state index < -0.39 is 12.2 Å². The Morgan fingerprint density at radius 3 is 1.62 bits per heavy atom. The van der Waals surface area contributed by atoms with Crippen molar-refractivity contribution in [1.29, 1.82) is 0 Å². The standard InChI is InChI=1S/C38H36O7/c1-40-30-20-33(41-2)31-22-32(39)37(45-34(31)21-30)29-18-35(42-23-26-12-6-3-7-13-26)38(44-25-28-16-10-5-11-17-28)36(19-29)43-24-27-14-8-4-9-15-27/h3-21,32,37,39H,22-25H2,1-2H3. The third-order valence-electron chi connectivity index (χ3n) is 7.69. The SMILES string of the molecule is COc1cc(OC)c2c(c1)OC(c1cc(OCc3ccccc3)c(OCc3ccccc3)c(OCc3ccccc3)c1)C(O)C2. The smallest absolute Gasteiger partial charge is 0.203 e. The minimum Gasteiger partial charge on any atom is -0.496 e. The molecule has 0 spiro atoms. The highest BCUT2D eigenvalue weighted by molar-refractivity contribution is 5.57. The number of hydrogen-bond donors (Lipinski definition) is 1. The Balaban J connectivity index is 1.40. The lowest BCUT2D eigenvalue weighted by atomic mass is 9.93. The molecular weight excluding hydrogens is 568 g/mol. The van der Waals surface area contributed by atoms with Crippen LogP contribution in [0.15, 0.2) is 115 Å². The van der Waals surface area contributed by atoms with Crippen molar-refractivity contribution < 1.29 is 33.5 Å². The summed E-state index contributed by atoms with van der Waals surface area (Å²) in [4.78, 5) is 0. The van der Waals surface area contributed by atoms with Gasteiger partial charge >= 0.3 is 0 Å². The Kier molecular flexibility index (Phi) is 9.37. The van der Waals surface area contributed by atoms with Crippen LogP contribution in [-0.2, 0) is 26.2 Å². The zero-order valence-electron chi connectivity index (χ0n) is 25.3. The van der Waals surface area contributed by atoms with Gasteiger partial charge in [0, 0.05) is 29.7 Å². The summed E-state index contributed by atoms with van der Waals surface area (Å²) < 4.78 is 36.8. The molecular formula is C38H36O7. The Hall–Kier alpha value is -5.14. The van der Waals surface area contributed by atoms with Gasteiger partial charge in [-0.2, -0.15) is 0 Å². The maximum absolute atomic E-state index is 11.4. The van der Waals surface area contributed by atoms with Gasteiger partial charge in [-0.15, -0.1) is 0 Å². The molecule has 0 amide bonds. The average Bonchev–Trinajstić information content (AvgIpc) is 3.09. The lowest BCUT2D eigenvalue weighted by Gasteiger charge is -2.32. The average molecular weight is 605 g/mol. The van der Waals surface area contributed by atoms with Gasteiger partial charge in [0.2, 0.25) is 5.75 Å². The molecule has 7 heteroatoms. The molecule has 1 heterocycles. The van der Waals surface area contributed by atoms with Gasteiger partial charge in [-0.25, -0.2) is 0 Å². The second-order valence-electron chi connectivity index (χ2n) is 10.8. The van der Waals surface area contributed by atoms with Crippen LogP contribution in [0.4, 0.5) is 0 Å². The molecule has 1 N–H and O–H groups in total. The molecule has 0 radical (unpaired) electrons. The molecule has 7 nitrogen and oxygen atoms in total. The van der Waals surface area contributed by atoms with E-state index in [1.807, 2.05) is 109 Å². The highest BCUT2D eigenvalue weighted by atomic mass is 16.5. The summed E-state index contributed by atoms with van der Waals surface area (Å²) in [6.45, 7) is 0.948. The summed E-state index contributed by atoms with van der Waals surface area (Å²) in [5, 5.41) is 11.4. The maximum atomic E-state index is 11.4. The molecule has 2 unspecified atom stereocenters. The Morgan fingerprint density at radius 1 is 0.622 bits per heavy atom. The second kappa shape index (κ2) is 14.1. The summed E-state index contributed by atoms with van der Waals surface area (Å²) in [5.41, 5.74) is 4.49. The van der Waals surface area contributed by atoms with Crippen molar-refractivity contribution in [2.75, 3.05) is 14.2 Å². The normalized spacial score (nSPS) is 15.4. The first-order valence-corrected chi connectivity index (χ1v) is 14.9. The first kappa shape index (κ1) is 29.9. The van der Waals surface area contributed by atoms with Gasteiger partial charge in [-0.05, 0) is 28.8 Å². The Morgan fingerprint density at radius 2 is 1.13 bits per heavy atom. The van der Waals surface area contributed by atoms with E-state index in [2.05, 4.69) is 0 Å². The van der Waals surface area contributed by atoms with Crippen LogP contribution in [0.1, 0.15) is 33.9 Å². The molecule has 0 aliphatic carbocycles. The van der Waals surface area contributed by atoms with Gasteiger partial charge in [0.05, 0.1) is 20.3 Å². The summed E-state index contributed by atoms with van der Waals surface area (Å²) >= 11 is 0. The van der Waals surface area contributed by atoms with Gasteiger partial charge in [0.25, 0.3) is 0 Å². The first-order chi connectivity index (χ1) is 22.1. The molecule has 0 bridgehead atoms. The largest absolute Gasteiger partial charge is 0.496 e. The fourth-order valence-electron chi connectivity index (χ4n) is 5.34. The molecule has 0 fully saturated rings. The molecule has 0 saturated carbocycles. The van der Waals surface area contributed by atoms with E-state index in [4.69, 9.17) is 28.4 Å². The van der Waals surface area contributed by atoms with Crippen molar-refractivity contribution in [3.05, 3.63) is 143 Å². The third kappa shape index (κ3) is 7.16. The zero-order chi connectivity index (χ0) is 31.0. The van der Waals surface area contributed by atoms with Crippen LogP contribution >= 0.6 is 0 Å². The number of rotatable bonds is 12. The molecule has 45 heavy (non-hydrogen) atoms. The summed E-state index contributed by atoms with van der Waals surface area (Å²) in [5.74, 6) is 3.24. The van der Waals surface area contributed by atoms with E-state index in [9.17, 15) is 5.11 Å². The predicted octanol–water partition coefficient (Wildman–Crippen LogP) is 7.48. The van der Waals surface area contributed by atoms with Gasteiger partial charge in [0.1, 0.15) is 37.1 Å². The molecule has 5 aromatic carbocycles. The number of methoxy groups -OCH3 is 2. The molecule has 6 rings (SSSR count). The quantitative estimate of drug-likeness (QED) is 0.158. The summed E-state index contributed by atoms with van der Waals surface area (Å²) in [6, 6.07) is 37.2. The van der Waals surface area contributed by atoms with Crippen molar-refractivity contribution in [3.63, 3.8) is 0 Å². The van der Waals surface area contributed by atoms with E-state index in [-0.39, 0.29) is 0 Å². The van der Waals surface area contributed by atoms with Crippen molar-refractivity contribution >= 4 is 0 Å². The lowest BCUT2D eigenvalue weighted by molar-refractivity contribution is 0.0194. The lowest BCUT2D eigenvalue weighted by Crippen LogP contribution is -2.30. The van der Waals surface area contributed by atoms with E-state index in [0.717, 1.165) is 22.3 Å². The maximum Gasteiger partial charge on any atom is 0.203 e. The number of benzene rings is 5. The van der Waals surface area contributed by atoms with Crippen LogP contribution in [0.3, 0.4) is 0 Å². The number of hydrogen-bond acceptors (Lipinski definition) is 7. The van der Waals surface area contributed by atoms with Crippen molar-refractivity contribution in [3.8, 4) is 34.5 Å². The van der Waals surface area contributed by atoms with Gasteiger partial charge < -0.3 is 33.5 Å². The van der Waals surface area contributed by atoms with E-state index in [1.54, 1.807) is 20.3 Å². The predicted molar refractivity (Wildman–Crippen MR) is 171 cm³/mol.